The molecule has 0 amide bonds. The third-order valence-electron chi connectivity index (χ3n) is 4.68. The molecule has 1 aromatic rings. The summed E-state index contributed by atoms with van der Waals surface area (Å²) in [5.41, 5.74) is 7.74. The number of ether oxygens (including phenoxy) is 1. The van der Waals surface area contributed by atoms with Crippen molar-refractivity contribution in [3.8, 4) is 0 Å². The summed E-state index contributed by atoms with van der Waals surface area (Å²) >= 11 is 3.63. The van der Waals surface area contributed by atoms with Crippen molar-refractivity contribution in [2.75, 3.05) is 26.3 Å². The molecule has 1 aliphatic rings. The third-order valence-corrected chi connectivity index (χ3v) is 5.29. The average Bonchev–Trinajstić information content (AvgIpc) is 2.87. The zero-order chi connectivity index (χ0) is 15.5. The van der Waals surface area contributed by atoms with Crippen molar-refractivity contribution in [3.05, 3.63) is 16.4 Å². The molecule has 1 aromatic heterocycles. The predicted octanol–water partition coefficient (Wildman–Crippen LogP) is 2.56. The highest BCUT2D eigenvalue weighted by Gasteiger charge is 2.40. The normalized spacial score (nSPS) is 21.2. The van der Waals surface area contributed by atoms with Gasteiger partial charge in [0.15, 0.2) is 0 Å². The minimum atomic E-state index is -0.0855. The summed E-state index contributed by atoms with van der Waals surface area (Å²) in [7, 11) is 0. The van der Waals surface area contributed by atoms with Gasteiger partial charge in [0.1, 0.15) is 0 Å². The quantitative estimate of drug-likeness (QED) is 0.848. The molecule has 2 heterocycles. The second kappa shape index (κ2) is 7.22. The molecule has 0 aromatic carbocycles. The topological polar surface area (TPSA) is 56.3 Å². The molecule has 2 atom stereocenters. The zero-order valence-corrected chi connectivity index (χ0v) is 14.9. The minimum absolute atomic E-state index is 0.0796. The van der Waals surface area contributed by atoms with Gasteiger partial charge in [-0.15, -0.1) is 0 Å². The number of aryl methyl sites for hydroxylation is 1. The van der Waals surface area contributed by atoms with Gasteiger partial charge in [-0.3, -0.25) is 9.58 Å². The van der Waals surface area contributed by atoms with Crippen LogP contribution < -0.4 is 5.73 Å². The number of aromatic nitrogens is 2. The molecular formula is C15H27BrN4O. The highest BCUT2D eigenvalue weighted by Crippen LogP contribution is 2.36. The Balaban J connectivity index is 2.30. The van der Waals surface area contributed by atoms with Crippen LogP contribution in [0.3, 0.4) is 0 Å². The lowest BCUT2D eigenvalue weighted by Gasteiger charge is -2.46. The second-order valence-corrected chi connectivity index (χ2v) is 6.74. The highest BCUT2D eigenvalue weighted by molar-refractivity contribution is 9.10. The van der Waals surface area contributed by atoms with Gasteiger partial charge >= 0.3 is 0 Å². The Morgan fingerprint density at radius 2 is 2.10 bits per heavy atom. The molecule has 2 rings (SSSR count). The van der Waals surface area contributed by atoms with E-state index in [9.17, 15) is 0 Å². The number of halogens is 1. The smallest absolute Gasteiger partial charge is 0.0712 e. The lowest BCUT2D eigenvalue weighted by Crippen LogP contribution is -2.57. The van der Waals surface area contributed by atoms with E-state index in [0.29, 0.717) is 0 Å². The van der Waals surface area contributed by atoms with Crippen LogP contribution in [0.2, 0.25) is 0 Å². The first-order valence-electron chi connectivity index (χ1n) is 7.84. The Bertz CT molecular complexity index is 459. The van der Waals surface area contributed by atoms with E-state index < -0.39 is 0 Å². The van der Waals surface area contributed by atoms with Crippen molar-refractivity contribution in [2.45, 2.75) is 51.7 Å². The summed E-state index contributed by atoms with van der Waals surface area (Å²) in [6.45, 7) is 11.0. The van der Waals surface area contributed by atoms with Crippen LogP contribution >= 0.6 is 15.9 Å². The number of nitrogens with two attached hydrogens (primary N) is 1. The van der Waals surface area contributed by atoms with Gasteiger partial charge < -0.3 is 10.5 Å². The number of morpholine rings is 1. The van der Waals surface area contributed by atoms with Crippen LogP contribution in [0.1, 0.15) is 45.3 Å². The first kappa shape index (κ1) is 16.9. The highest BCUT2D eigenvalue weighted by atomic mass is 79.9. The average molecular weight is 359 g/mol. The van der Waals surface area contributed by atoms with E-state index in [0.717, 1.165) is 55.9 Å². The maximum Gasteiger partial charge on any atom is 0.0712 e. The zero-order valence-electron chi connectivity index (χ0n) is 13.3. The maximum absolute atomic E-state index is 6.72. The van der Waals surface area contributed by atoms with E-state index in [-0.39, 0.29) is 11.6 Å². The number of nitrogens with zero attached hydrogens (tertiary/aromatic N) is 3. The van der Waals surface area contributed by atoms with Gasteiger partial charge in [-0.1, -0.05) is 13.8 Å². The first-order chi connectivity index (χ1) is 10.0. The fourth-order valence-corrected chi connectivity index (χ4v) is 3.62. The fourth-order valence-electron chi connectivity index (χ4n) is 3.08. The van der Waals surface area contributed by atoms with Crippen LogP contribution in [-0.2, 0) is 11.3 Å². The summed E-state index contributed by atoms with van der Waals surface area (Å²) < 4.78 is 8.54. The molecular weight excluding hydrogens is 332 g/mol. The Morgan fingerprint density at radius 3 is 2.67 bits per heavy atom. The van der Waals surface area contributed by atoms with Crippen LogP contribution in [0.15, 0.2) is 10.7 Å². The Labute approximate surface area is 135 Å². The molecule has 1 aliphatic heterocycles. The van der Waals surface area contributed by atoms with Crippen LogP contribution in [0, 0.1) is 0 Å². The second-order valence-electron chi connectivity index (χ2n) is 5.89. The number of rotatable bonds is 6. The molecule has 1 saturated heterocycles. The van der Waals surface area contributed by atoms with Gasteiger partial charge in [0.05, 0.1) is 35.6 Å². The van der Waals surface area contributed by atoms with Gasteiger partial charge in [-0.2, -0.15) is 5.10 Å². The SMILES string of the molecule is CCCn1ncc(Br)c1C(N)C(C)(CC)N1CCOCC1. The Morgan fingerprint density at radius 1 is 1.43 bits per heavy atom. The largest absolute Gasteiger partial charge is 0.379 e. The van der Waals surface area contributed by atoms with E-state index >= 15 is 0 Å². The van der Waals surface area contributed by atoms with Gasteiger partial charge in [0.2, 0.25) is 0 Å². The third kappa shape index (κ3) is 3.33. The summed E-state index contributed by atoms with van der Waals surface area (Å²) in [4.78, 5) is 2.47. The minimum Gasteiger partial charge on any atom is -0.379 e. The lowest BCUT2D eigenvalue weighted by atomic mass is 9.85. The summed E-state index contributed by atoms with van der Waals surface area (Å²) in [6, 6.07) is -0.0796. The van der Waals surface area contributed by atoms with Crippen LogP contribution in [0.25, 0.3) is 0 Å². The molecule has 0 bridgehead atoms. The van der Waals surface area contributed by atoms with Crippen molar-refractivity contribution in [1.82, 2.24) is 14.7 Å². The van der Waals surface area contributed by atoms with E-state index in [1.54, 1.807) is 0 Å². The number of hydrogen-bond acceptors (Lipinski definition) is 4. The molecule has 0 aliphatic carbocycles. The fraction of sp³-hybridized carbons (Fsp3) is 0.800. The van der Waals surface area contributed by atoms with Crippen molar-refractivity contribution in [2.24, 2.45) is 5.73 Å². The molecule has 21 heavy (non-hydrogen) atoms. The van der Waals surface area contributed by atoms with Crippen molar-refractivity contribution in [1.29, 1.82) is 0 Å². The molecule has 1 fully saturated rings. The van der Waals surface area contributed by atoms with Gasteiger partial charge in [0.25, 0.3) is 0 Å². The van der Waals surface area contributed by atoms with E-state index in [1.807, 2.05) is 10.9 Å². The van der Waals surface area contributed by atoms with Gasteiger partial charge in [-0.05, 0) is 35.7 Å². The van der Waals surface area contributed by atoms with Crippen molar-refractivity contribution >= 4 is 15.9 Å². The molecule has 0 radical (unpaired) electrons. The lowest BCUT2D eigenvalue weighted by molar-refractivity contribution is -0.0288. The van der Waals surface area contributed by atoms with Crippen molar-refractivity contribution < 1.29 is 4.74 Å². The molecule has 5 nitrogen and oxygen atoms in total. The number of hydrogen-bond donors (Lipinski definition) is 1. The Hall–Kier alpha value is -0.430. The Kier molecular flexibility index (Phi) is 5.82. The first-order valence-corrected chi connectivity index (χ1v) is 8.63. The van der Waals surface area contributed by atoms with E-state index in [4.69, 9.17) is 10.5 Å². The van der Waals surface area contributed by atoms with Crippen LogP contribution in [0.4, 0.5) is 0 Å². The molecule has 0 saturated carbocycles. The van der Waals surface area contributed by atoms with Gasteiger partial charge in [-0.25, -0.2) is 0 Å². The van der Waals surface area contributed by atoms with E-state index in [2.05, 4.69) is 46.7 Å². The summed E-state index contributed by atoms with van der Waals surface area (Å²) in [6.07, 6.45) is 3.91. The standard InChI is InChI=1S/C15H27BrN4O/c1-4-6-20-13(12(16)11-18-20)14(17)15(3,5-2)19-7-9-21-10-8-19/h11,14H,4-10,17H2,1-3H3. The molecule has 120 valence electrons. The van der Waals surface area contributed by atoms with Gasteiger partial charge in [0, 0.05) is 25.2 Å². The van der Waals surface area contributed by atoms with Crippen LogP contribution in [0.5, 0.6) is 0 Å². The monoisotopic (exact) mass is 358 g/mol. The predicted molar refractivity (Wildman–Crippen MR) is 88.2 cm³/mol. The molecule has 0 spiro atoms. The van der Waals surface area contributed by atoms with E-state index in [1.165, 1.54) is 0 Å². The van der Waals surface area contributed by atoms with Crippen LogP contribution in [-0.4, -0.2) is 46.5 Å². The maximum atomic E-state index is 6.72. The summed E-state index contributed by atoms with van der Waals surface area (Å²) in [5, 5.41) is 4.47. The molecule has 6 heteroatoms. The van der Waals surface area contributed by atoms with Crippen molar-refractivity contribution in [3.63, 3.8) is 0 Å². The summed E-state index contributed by atoms with van der Waals surface area (Å²) in [5.74, 6) is 0. The molecule has 2 unspecified atom stereocenters. The molecule has 2 N–H and O–H groups in total.